The van der Waals surface area contributed by atoms with Gasteiger partial charge < -0.3 is 86.4 Å². The van der Waals surface area contributed by atoms with Crippen LogP contribution in [0.15, 0.2) is 273 Å². The number of unbranched alkanes of at least 4 members (excludes halogenated alkanes) is 2. The molecule has 0 aromatic heterocycles. The summed E-state index contributed by atoms with van der Waals surface area (Å²) in [5, 5.41) is 5.68. The fourth-order valence-electron chi connectivity index (χ4n) is 13.5. The van der Waals surface area contributed by atoms with Gasteiger partial charge in [0.2, 0.25) is 3.79 Å². The van der Waals surface area contributed by atoms with Gasteiger partial charge in [0.05, 0.1) is 63.5 Å². The summed E-state index contributed by atoms with van der Waals surface area (Å²) in [5.74, 6) is -1.64. The Morgan fingerprint density at radius 3 is 1.25 bits per heavy atom. The molecule has 115 heavy (non-hydrogen) atoms. The number of nitrogens with one attached hydrogen (secondary N) is 2. The van der Waals surface area contributed by atoms with Crippen LogP contribution in [-0.4, -0.2) is 153 Å². The third-order valence-corrected chi connectivity index (χ3v) is 19.6. The Kier molecular flexibility index (Phi) is 33.2. The molecule has 3 saturated heterocycles. The monoisotopic (exact) mass is 1630 g/mol. The third-order valence-electron chi connectivity index (χ3n) is 19.2. The predicted octanol–water partition coefficient (Wildman–Crippen LogP) is 15.8. The van der Waals surface area contributed by atoms with Crippen molar-refractivity contribution in [2.24, 2.45) is 0 Å². The molecule has 25 heteroatoms. The minimum Gasteiger partial charge on any atom is -0.459 e. The molecule has 0 spiro atoms. The maximum absolute atomic E-state index is 15.2. The topological polar surface area (TPSA) is 240 Å². The summed E-state index contributed by atoms with van der Waals surface area (Å²) in [6, 6.07) is 82.0. The Morgan fingerprint density at radius 2 is 0.757 bits per heavy atom. The summed E-state index contributed by atoms with van der Waals surface area (Å²) in [4.78, 5) is 57.1. The molecule has 2 N–H and O–H groups in total. The van der Waals surface area contributed by atoms with E-state index in [9.17, 15) is 14.4 Å². The van der Waals surface area contributed by atoms with Gasteiger partial charge in [0.25, 0.3) is 0 Å². The van der Waals surface area contributed by atoms with Gasteiger partial charge in [0.15, 0.2) is 25.0 Å². The lowest BCUT2D eigenvalue weighted by Crippen LogP contribution is -2.70. The zero-order chi connectivity index (χ0) is 79.8. The largest absolute Gasteiger partial charge is 0.459 e. The van der Waals surface area contributed by atoms with Crippen molar-refractivity contribution >= 4 is 58.9 Å². The van der Waals surface area contributed by atoms with Crippen LogP contribution in [0.5, 0.6) is 0 Å². The van der Waals surface area contributed by atoms with Crippen LogP contribution in [0.4, 0.5) is 9.59 Å². The minimum absolute atomic E-state index is 0.0308. The second kappa shape index (κ2) is 44.8. The van der Waals surface area contributed by atoms with Gasteiger partial charge in [-0.2, -0.15) is 0 Å². The standard InChI is InChI=1S/C90H95Cl3N2O20/c1-62-75(102-53-64-34-14-3-15-35-64)79(104-55-66-38-18-5-19-39-66)81(106-57-68-42-22-7-23-43-68)86(110-62)115-82-80(105-56-67-40-20-6-21-41-67)76(103-54-65-36-16-4-17-37-65)72(59-100-52-63-32-12-2-13-33-63)112-87(82)114-78-74(95-89(99)109-61-90(91,92)93)85(101-51-31-11-30-50-94-88(98)108-58-69-44-24-8-25-45-69)111-73(60-107-83(96)70-46-26-9-27-47-70)77(78)113-84(97)71-48-28-10-29-49-71/h2-10,12-29,32-49,62,72-82,85-87H,11,30-31,50-61H2,1H3,(H,94,98)(H,95,99)/t62?,72?,73?,74?,75-,76-,77-,78+,79-,80+,81?,82?,85-,86-,87-/m0/s1. The van der Waals surface area contributed by atoms with Gasteiger partial charge in [-0.15, -0.1) is 0 Å². The highest BCUT2D eigenvalue weighted by atomic mass is 35.6. The SMILES string of the molecule is CC1O[C@@H](OC2[C@H](O[C@@H]3C(NC(=O)OCC(Cl)(Cl)Cl)[C@@H](OCCCCCNC(=O)OCc4ccccc4)OC(COC(=O)c4ccccc4)[C@@H]3OC(=O)c3ccccc3)OC(COCc3ccccc3)[C@H](OCc3ccccc3)[C@H]2OCc2ccccc2)C(OCc2ccccc2)[C@@H](OCc2ccccc2)[C@H]1OCc1ccccc1. The molecule has 606 valence electrons. The van der Waals surface area contributed by atoms with Gasteiger partial charge >= 0.3 is 24.1 Å². The fraction of sp³-hybridized carbons (Fsp3) is 0.356. The molecule has 3 aliphatic heterocycles. The fourth-order valence-corrected chi connectivity index (χ4v) is 13.6. The number of alkyl halides is 3. The first-order valence-corrected chi connectivity index (χ1v) is 39.6. The summed E-state index contributed by atoms with van der Waals surface area (Å²) in [7, 11) is 0. The van der Waals surface area contributed by atoms with Crippen molar-refractivity contribution in [1.82, 2.24) is 10.6 Å². The highest BCUT2D eigenvalue weighted by Gasteiger charge is 2.58. The Bertz CT molecular complexity index is 4320. The molecule has 0 radical (unpaired) electrons. The van der Waals surface area contributed by atoms with Crippen molar-refractivity contribution in [3.63, 3.8) is 0 Å². The number of carbonyl (C=O) groups excluding carboxylic acids is 4. The number of esters is 2. The van der Waals surface area contributed by atoms with Crippen molar-refractivity contribution < 1.29 is 95.0 Å². The Morgan fingerprint density at radius 1 is 0.357 bits per heavy atom. The lowest BCUT2D eigenvalue weighted by Gasteiger charge is -2.52. The van der Waals surface area contributed by atoms with Crippen molar-refractivity contribution in [3.05, 3.63) is 323 Å². The maximum Gasteiger partial charge on any atom is 0.407 e. The molecule has 2 amide bonds. The Labute approximate surface area is 684 Å². The first-order valence-electron chi connectivity index (χ1n) is 38.4. The number of carbonyl (C=O) groups is 4. The summed E-state index contributed by atoms with van der Waals surface area (Å²) < 4.78 is 108. The van der Waals surface area contributed by atoms with E-state index in [-0.39, 0.29) is 77.1 Å². The van der Waals surface area contributed by atoms with Gasteiger partial charge in [-0.25, -0.2) is 19.2 Å². The van der Waals surface area contributed by atoms with E-state index >= 15 is 4.79 Å². The molecule has 0 saturated carbocycles. The molecule has 0 aliphatic carbocycles. The van der Waals surface area contributed by atoms with Crippen LogP contribution in [0.3, 0.4) is 0 Å². The Hall–Kier alpha value is -9.15. The van der Waals surface area contributed by atoms with Gasteiger partial charge in [-0.1, -0.05) is 284 Å². The summed E-state index contributed by atoms with van der Waals surface area (Å²) in [5.41, 5.74) is 6.15. The zero-order valence-corrected chi connectivity index (χ0v) is 65.8. The predicted molar refractivity (Wildman–Crippen MR) is 428 cm³/mol. The Balaban J connectivity index is 0.987. The van der Waals surface area contributed by atoms with Crippen LogP contribution in [-0.2, 0) is 122 Å². The first kappa shape index (κ1) is 85.2. The van der Waals surface area contributed by atoms with Gasteiger partial charge in [0, 0.05) is 13.2 Å². The van der Waals surface area contributed by atoms with E-state index in [1.54, 1.807) is 60.7 Å². The lowest BCUT2D eigenvalue weighted by atomic mass is 9.94. The number of benzene rings is 9. The van der Waals surface area contributed by atoms with E-state index in [0.717, 1.165) is 38.9 Å². The van der Waals surface area contributed by atoms with E-state index in [4.69, 9.17) is 111 Å². The van der Waals surface area contributed by atoms with Gasteiger partial charge in [0.1, 0.15) is 80.8 Å². The number of alkyl carbamates (subject to hydrolysis) is 2. The van der Waals surface area contributed by atoms with E-state index in [1.165, 1.54) is 0 Å². The molecule has 9 aromatic carbocycles. The molecule has 3 aliphatic rings. The van der Waals surface area contributed by atoms with Crippen LogP contribution in [0.25, 0.3) is 0 Å². The zero-order valence-electron chi connectivity index (χ0n) is 63.5. The van der Waals surface area contributed by atoms with Crippen LogP contribution in [0.2, 0.25) is 0 Å². The molecule has 12 rings (SSSR count). The number of hydrogen-bond acceptors (Lipinski definition) is 20. The van der Waals surface area contributed by atoms with E-state index in [1.807, 2.05) is 219 Å². The molecule has 0 bridgehead atoms. The van der Waals surface area contributed by atoms with Crippen LogP contribution in [0.1, 0.15) is 85.8 Å². The van der Waals surface area contributed by atoms with Crippen LogP contribution < -0.4 is 10.6 Å². The van der Waals surface area contributed by atoms with Crippen LogP contribution >= 0.6 is 34.8 Å². The summed E-state index contributed by atoms with van der Waals surface area (Å²) >= 11 is 18.8. The molecule has 9 aromatic rings. The number of amides is 2. The van der Waals surface area contributed by atoms with Crippen LogP contribution in [0, 0.1) is 0 Å². The van der Waals surface area contributed by atoms with Gasteiger partial charge in [-0.3, -0.25) is 0 Å². The number of ether oxygens (including phenoxy) is 16. The molecule has 3 heterocycles. The van der Waals surface area contributed by atoms with E-state index in [2.05, 4.69) is 10.6 Å². The second-order valence-corrected chi connectivity index (χ2v) is 30.3. The summed E-state index contributed by atoms with van der Waals surface area (Å²) in [6.45, 7) is 1.08. The molecule has 22 nitrogen and oxygen atoms in total. The van der Waals surface area contributed by atoms with Crippen molar-refractivity contribution in [3.8, 4) is 0 Å². The maximum atomic E-state index is 15.2. The summed E-state index contributed by atoms with van der Waals surface area (Å²) in [6.07, 6.45) is -18.9. The average Bonchev–Trinajstić information content (AvgIpc) is 0.760. The molecule has 15 atom stereocenters. The third kappa shape index (κ3) is 26.7. The average molecular weight is 1630 g/mol. The van der Waals surface area contributed by atoms with Crippen molar-refractivity contribution in [2.75, 3.05) is 33.0 Å². The number of rotatable bonds is 39. The highest BCUT2D eigenvalue weighted by Crippen LogP contribution is 2.40. The lowest BCUT2D eigenvalue weighted by molar-refractivity contribution is -0.392. The van der Waals surface area contributed by atoms with Crippen molar-refractivity contribution in [2.45, 2.75) is 168 Å². The smallest absolute Gasteiger partial charge is 0.407 e. The normalized spacial score (nSPS) is 23.4. The molecular weight excluding hydrogens is 1540 g/mol. The number of hydrogen-bond donors (Lipinski definition) is 2. The minimum atomic E-state index is -2.10. The van der Waals surface area contributed by atoms with E-state index in [0.29, 0.717) is 19.3 Å². The van der Waals surface area contributed by atoms with Gasteiger partial charge in [-0.05, 0) is 89.4 Å². The van der Waals surface area contributed by atoms with Crippen molar-refractivity contribution in [1.29, 1.82) is 0 Å². The molecular formula is C90H95Cl3N2O20. The number of halogens is 3. The highest BCUT2D eigenvalue weighted by molar-refractivity contribution is 6.67. The van der Waals surface area contributed by atoms with E-state index < -0.39 is 133 Å². The second-order valence-electron chi connectivity index (χ2n) is 27.8. The first-order chi connectivity index (χ1) is 56.2. The molecule has 6 unspecified atom stereocenters. The molecule has 3 fully saturated rings. The quantitative estimate of drug-likeness (QED) is 0.0157.